The van der Waals surface area contributed by atoms with Crippen molar-refractivity contribution in [1.29, 1.82) is 0 Å². The standard InChI is InChI=1S/C17H20N2O6S2/c1-24-15-7-8-16(25-2)17(12-15)27(22,23)18-13-5-3-6-14(11-13)19-9-4-10-26(19,20)21/h3,5-8,11-12,18H,4,9-10H2,1-2H3. The number of ether oxygens (including phenoxy) is 2. The molecular formula is C17H20N2O6S2. The highest BCUT2D eigenvalue weighted by Gasteiger charge is 2.29. The molecule has 27 heavy (non-hydrogen) atoms. The molecule has 8 nitrogen and oxygen atoms in total. The van der Waals surface area contributed by atoms with Crippen molar-refractivity contribution < 1.29 is 26.3 Å². The van der Waals surface area contributed by atoms with Gasteiger partial charge in [0.15, 0.2) is 0 Å². The van der Waals surface area contributed by atoms with Crippen LogP contribution in [0.3, 0.4) is 0 Å². The molecule has 0 amide bonds. The Kier molecular flexibility index (Phi) is 5.20. The highest BCUT2D eigenvalue weighted by atomic mass is 32.2. The molecule has 1 fully saturated rings. The topological polar surface area (TPSA) is 102 Å². The molecule has 1 aliphatic rings. The first-order valence-electron chi connectivity index (χ1n) is 8.12. The van der Waals surface area contributed by atoms with Gasteiger partial charge in [0.2, 0.25) is 10.0 Å². The second-order valence-corrected chi connectivity index (χ2v) is 9.58. The van der Waals surface area contributed by atoms with Crippen LogP contribution in [-0.4, -0.2) is 43.4 Å². The first-order chi connectivity index (χ1) is 12.8. The molecule has 0 aliphatic carbocycles. The van der Waals surface area contributed by atoms with E-state index in [-0.39, 0.29) is 22.1 Å². The van der Waals surface area contributed by atoms with Gasteiger partial charge in [-0.1, -0.05) is 6.07 Å². The van der Waals surface area contributed by atoms with Crippen molar-refractivity contribution in [2.45, 2.75) is 11.3 Å². The van der Waals surface area contributed by atoms with Gasteiger partial charge in [0.1, 0.15) is 16.4 Å². The maximum absolute atomic E-state index is 12.8. The monoisotopic (exact) mass is 412 g/mol. The summed E-state index contributed by atoms with van der Waals surface area (Å²) in [7, 11) is -4.52. The van der Waals surface area contributed by atoms with Crippen molar-refractivity contribution in [3.63, 3.8) is 0 Å². The van der Waals surface area contributed by atoms with Gasteiger partial charge >= 0.3 is 0 Å². The largest absolute Gasteiger partial charge is 0.497 e. The van der Waals surface area contributed by atoms with Gasteiger partial charge in [0.25, 0.3) is 10.0 Å². The van der Waals surface area contributed by atoms with Crippen molar-refractivity contribution in [2.24, 2.45) is 0 Å². The molecule has 10 heteroatoms. The fourth-order valence-corrected chi connectivity index (χ4v) is 5.65. The lowest BCUT2D eigenvalue weighted by molar-refractivity contribution is 0.392. The van der Waals surface area contributed by atoms with Crippen LogP contribution in [0.25, 0.3) is 0 Å². The second kappa shape index (κ2) is 7.28. The van der Waals surface area contributed by atoms with Gasteiger partial charge in [-0.05, 0) is 36.8 Å². The number of rotatable bonds is 6. The number of sulfonamides is 2. The van der Waals surface area contributed by atoms with E-state index in [4.69, 9.17) is 9.47 Å². The average molecular weight is 412 g/mol. The van der Waals surface area contributed by atoms with E-state index in [1.165, 1.54) is 36.7 Å². The van der Waals surface area contributed by atoms with Gasteiger partial charge in [-0.3, -0.25) is 9.03 Å². The lowest BCUT2D eigenvalue weighted by Gasteiger charge is -2.18. The summed E-state index contributed by atoms with van der Waals surface area (Å²) in [5, 5.41) is 0. The number of anilines is 2. The number of benzene rings is 2. The molecule has 0 atom stereocenters. The SMILES string of the molecule is COc1ccc(OC)c(S(=O)(=O)Nc2cccc(N3CCCS3(=O)=O)c2)c1. The molecule has 2 aromatic carbocycles. The van der Waals surface area contributed by atoms with E-state index in [1.807, 2.05) is 0 Å². The third kappa shape index (κ3) is 3.96. The van der Waals surface area contributed by atoms with E-state index in [9.17, 15) is 16.8 Å². The van der Waals surface area contributed by atoms with Crippen LogP contribution in [0, 0.1) is 0 Å². The fourth-order valence-electron chi connectivity index (χ4n) is 2.86. The Hall–Kier alpha value is -2.46. The summed E-state index contributed by atoms with van der Waals surface area (Å²) in [5.41, 5.74) is 0.671. The number of nitrogens with zero attached hydrogens (tertiary/aromatic N) is 1. The summed E-state index contributed by atoms with van der Waals surface area (Å²) in [6.07, 6.45) is 0.541. The van der Waals surface area contributed by atoms with E-state index in [0.717, 1.165) is 0 Å². The Bertz CT molecular complexity index is 1050. The van der Waals surface area contributed by atoms with Gasteiger partial charge < -0.3 is 9.47 Å². The summed E-state index contributed by atoms with van der Waals surface area (Å²) >= 11 is 0. The Labute approximate surface area is 158 Å². The van der Waals surface area contributed by atoms with Gasteiger partial charge in [-0.2, -0.15) is 0 Å². The van der Waals surface area contributed by atoms with Crippen LogP contribution in [0.4, 0.5) is 11.4 Å². The van der Waals surface area contributed by atoms with Crippen molar-refractivity contribution in [2.75, 3.05) is 35.5 Å². The number of hydrogen-bond donors (Lipinski definition) is 1. The summed E-state index contributed by atoms with van der Waals surface area (Å²) in [6, 6.07) is 10.7. The molecule has 2 aromatic rings. The zero-order valence-electron chi connectivity index (χ0n) is 14.9. The van der Waals surface area contributed by atoms with Crippen LogP contribution in [0.2, 0.25) is 0 Å². The Morgan fingerprint density at radius 3 is 2.48 bits per heavy atom. The zero-order chi connectivity index (χ0) is 19.7. The van der Waals surface area contributed by atoms with Gasteiger partial charge in [0, 0.05) is 12.6 Å². The van der Waals surface area contributed by atoms with Crippen molar-refractivity contribution in [3.8, 4) is 11.5 Å². The minimum atomic E-state index is -3.98. The third-order valence-corrected chi connectivity index (χ3v) is 7.42. The maximum atomic E-state index is 12.8. The highest BCUT2D eigenvalue weighted by Crippen LogP contribution is 2.31. The molecule has 146 valence electrons. The number of nitrogens with one attached hydrogen (secondary N) is 1. The first-order valence-corrected chi connectivity index (χ1v) is 11.2. The molecular weight excluding hydrogens is 392 g/mol. The summed E-state index contributed by atoms with van der Waals surface area (Å²) in [4.78, 5) is -0.0800. The predicted octanol–water partition coefficient (Wildman–Crippen LogP) is 2.04. The minimum Gasteiger partial charge on any atom is -0.497 e. The summed E-state index contributed by atoms with van der Waals surface area (Å²) < 4.78 is 63.8. The molecule has 1 aliphatic heterocycles. The van der Waals surface area contributed by atoms with Gasteiger partial charge in [-0.25, -0.2) is 16.8 Å². The molecule has 0 aromatic heterocycles. The maximum Gasteiger partial charge on any atom is 0.265 e. The molecule has 0 spiro atoms. The quantitative estimate of drug-likeness (QED) is 0.779. The second-order valence-electron chi connectivity index (χ2n) is 5.91. The molecule has 0 unspecified atom stereocenters. The first kappa shape index (κ1) is 19.3. The lowest BCUT2D eigenvalue weighted by Crippen LogP contribution is -2.25. The van der Waals surface area contributed by atoms with E-state index < -0.39 is 20.0 Å². The zero-order valence-corrected chi connectivity index (χ0v) is 16.5. The van der Waals surface area contributed by atoms with Crippen LogP contribution < -0.4 is 18.5 Å². The van der Waals surface area contributed by atoms with Crippen molar-refractivity contribution in [1.82, 2.24) is 0 Å². The number of hydrogen-bond acceptors (Lipinski definition) is 6. The molecule has 1 heterocycles. The molecule has 0 bridgehead atoms. The number of methoxy groups -OCH3 is 2. The molecule has 3 rings (SSSR count). The summed E-state index contributed by atoms with van der Waals surface area (Å²) in [5.74, 6) is 0.624. The van der Waals surface area contributed by atoms with E-state index in [2.05, 4.69) is 4.72 Å². The fraction of sp³-hybridized carbons (Fsp3) is 0.294. The normalized spacial score (nSPS) is 16.1. The van der Waals surface area contributed by atoms with Crippen molar-refractivity contribution in [3.05, 3.63) is 42.5 Å². The Balaban J connectivity index is 1.94. The van der Waals surface area contributed by atoms with E-state index in [1.54, 1.807) is 24.3 Å². The average Bonchev–Trinajstić information content (AvgIpc) is 3.00. The van der Waals surface area contributed by atoms with Crippen LogP contribution in [-0.2, 0) is 20.0 Å². The minimum absolute atomic E-state index is 0.0800. The van der Waals surface area contributed by atoms with Crippen LogP contribution >= 0.6 is 0 Å². The molecule has 1 N–H and O–H groups in total. The van der Waals surface area contributed by atoms with Crippen LogP contribution in [0.5, 0.6) is 11.5 Å². The molecule has 0 radical (unpaired) electrons. The van der Waals surface area contributed by atoms with Crippen LogP contribution in [0.15, 0.2) is 47.4 Å². The Morgan fingerprint density at radius 2 is 1.85 bits per heavy atom. The molecule has 0 saturated carbocycles. The van der Waals surface area contributed by atoms with Crippen molar-refractivity contribution >= 4 is 31.4 Å². The lowest BCUT2D eigenvalue weighted by atomic mass is 10.3. The van der Waals surface area contributed by atoms with E-state index >= 15 is 0 Å². The van der Waals surface area contributed by atoms with E-state index in [0.29, 0.717) is 24.4 Å². The predicted molar refractivity (Wildman–Crippen MR) is 103 cm³/mol. The van der Waals surface area contributed by atoms with Crippen LogP contribution in [0.1, 0.15) is 6.42 Å². The van der Waals surface area contributed by atoms with Gasteiger partial charge in [0.05, 0.1) is 31.3 Å². The molecule has 1 saturated heterocycles. The third-order valence-electron chi connectivity index (χ3n) is 4.15. The smallest absolute Gasteiger partial charge is 0.265 e. The Morgan fingerprint density at radius 1 is 1.07 bits per heavy atom. The highest BCUT2D eigenvalue weighted by molar-refractivity contribution is 7.93. The van der Waals surface area contributed by atoms with Gasteiger partial charge in [-0.15, -0.1) is 0 Å². The summed E-state index contributed by atoms with van der Waals surface area (Å²) in [6.45, 7) is 0.377.